The molecular formula is C12H21N3O3. The summed E-state index contributed by atoms with van der Waals surface area (Å²) in [5.41, 5.74) is 0. The first-order chi connectivity index (χ1) is 8.56. The monoisotopic (exact) mass is 255 g/mol. The molecule has 0 saturated carbocycles. The molecule has 2 N–H and O–H groups in total. The highest BCUT2D eigenvalue weighted by Crippen LogP contribution is 2.05. The van der Waals surface area contributed by atoms with E-state index in [0.29, 0.717) is 19.6 Å². The average Bonchev–Trinajstić information content (AvgIpc) is 2.35. The highest BCUT2D eigenvalue weighted by atomic mass is 16.5. The van der Waals surface area contributed by atoms with Gasteiger partial charge >= 0.3 is 0 Å². The highest BCUT2D eigenvalue weighted by molar-refractivity contribution is 5.89. The van der Waals surface area contributed by atoms with Crippen LogP contribution in [0.1, 0.15) is 26.7 Å². The largest absolute Gasteiger partial charge is 0.383 e. The standard InChI is InChI=1S/C12H21N3O3/c1-4-5-10(8-13)12(17)15-9(2)11(16)14-6-7-18-3/h9-10H,4-7H2,1-3H3,(H,14,16)(H,15,17). The van der Waals surface area contributed by atoms with E-state index in [-0.39, 0.29) is 5.91 Å². The van der Waals surface area contributed by atoms with E-state index in [1.54, 1.807) is 14.0 Å². The molecule has 6 nitrogen and oxygen atoms in total. The molecule has 0 rings (SSSR count). The van der Waals surface area contributed by atoms with Crippen LogP contribution in [0.3, 0.4) is 0 Å². The van der Waals surface area contributed by atoms with Crippen LogP contribution in [0.15, 0.2) is 0 Å². The van der Waals surface area contributed by atoms with Gasteiger partial charge in [0.15, 0.2) is 0 Å². The smallest absolute Gasteiger partial charge is 0.242 e. The zero-order valence-corrected chi connectivity index (χ0v) is 11.2. The molecule has 0 aliphatic carbocycles. The summed E-state index contributed by atoms with van der Waals surface area (Å²) < 4.78 is 4.80. The van der Waals surface area contributed by atoms with Crippen LogP contribution < -0.4 is 10.6 Å². The Balaban J connectivity index is 4.13. The third-order valence-electron chi connectivity index (χ3n) is 2.41. The van der Waals surface area contributed by atoms with Gasteiger partial charge in [0.05, 0.1) is 12.7 Å². The minimum Gasteiger partial charge on any atom is -0.383 e. The molecule has 2 unspecified atom stereocenters. The molecule has 0 spiro atoms. The molecule has 0 fully saturated rings. The number of rotatable bonds is 8. The van der Waals surface area contributed by atoms with Gasteiger partial charge in [0, 0.05) is 13.7 Å². The minimum atomic E-state index is -0.691. The van der Waals surface area contributed by atoms with Gasteiger partial charge in [0.1, 0.15) is 12.0 Å². The molecule has 18 heavy (non-hydrogen) atoms. The minimum absolute atomic E-state index is 0.284. The molecule has 0 saturated heterocycles. The van der Waals surface area contributed by atoms with Crippen molar-refractivity contribution in [3.63, 3.8) is 0 Å². The summed E-state index contributed by atoms with van der Waals surface area (Å²) in [4.78, 5) is 23.2. The molecule has 0 heterocycles. The summed E-state index contributed by atoms with van der Waals surface area (Å²) in [6, 6.07) is 1.28. The van der Waals surface area contributed by atoms with Gasteiger partial charge in [0.2, 0.25) is 11.8 Å². The fraction of sp³-hybridized carbons (Fsp3) is 0.750. The van der Waals surface area contributed by atoms with Crippen molar-refractivity contribution in [2.75, 3.05) is 20.3 Å². The second-order valence-electron chi connectivity index (χ2n) is 3.98. The topological polar surface area (TPSA) is 91.2 Å². The van der Waals surface area contributed by atoms with Crippen molar-refractivity contribution in [1.82, 2.24) is 10.6 Å². The Morgan fingerprint density at radius 1 is 1.39 bits per heavy atom. The number of ether oxygens (including phenoxy) is 1. The SMILES string of the molecule is CCCC(C#N)C(=O)NC(C)C(=O)NCCOC. The van der Waals surface area contributed by atoms with Crippen LogP contribution in [-0.2, 0) is 14.3 Å². The first-order valence-electron chi connectivity index (χ1n) is 6.03. The van der Waals surface area contributed by atoms with E-state index in [4.69, 9.17) is 10.00 Å². The van der Waals surface area contributed by atoms with Crippen molar-refractivity contribution in [2.24, 2.45) is 5.92 Å². The lowest BCUT2D eigenvalue weighted by Crippen LogP contribution is -2.47. The summed E-state index contributed by atoms with van der Waals surface area (Å²) in [5, 5.41) is 14.0. The molecular weight excluding hydrogens is 234 g/mol. The Morgan fingerprint density at radius 3 is 2.56 bits per heavy atom. The number of methoxy groups -OCH3 is 1. The number of nitrogens with one attached hydrogen (secondary N) is 2. The summed E-state index contributed by atoms with van der Waals surface area (Å²) in [7, 11) is 1.54. The summed E-state index contributed by atoms with van der Waals surface area (Å²) in [6.07, 6.45) is 1.25. The fourth-order valence-electron chi connectivity index (χ4n) is 1.35. The molecule has 102 valence electrons. The second kappa shape index (κ2) is 9.42. The maximum atomic E-state index is 11.7. The highest BCUT2D eigenvalue weighted by Gasteiger charge is 2.21. The molecule has 2 atom stereocenters. The molecule has 0 aromatic heterocycles. The van der Waals surface area contributed by atoms with Crippen LogP contribution in [0.2, 0.25) is 0 Å². The molecule has 0 bridgehead atoms. The summed E-state index contributed by atoms with van der Waals surface area (Å²) in [5.74, 6) is -1.37. The van der Waals surface area contributed by atoms with E-state index in [2.05, 4.69) is 10.6 Å². The van der Waals surface area contributed by atoms with Gasteiger partial charge in [-0.25, -0.2) is 0 Å². The van der Waals surface area contributed by atoms with Crippen molar-refractivity contribution in [3.05, 3.63) is 0 Å². The first kappa shape index (κ1) is 16.4. The van der Waals surface area contributed by atoms with Crippen molar-refractivity contribution >= 4 is 11.8 Å². The second-order valence-corrected chi connectivity index (χ2v) is 3.98. The van der Waals surface area contributed by atoms with Crippen LogP contribution in [0.4, 0.5) is 0 Å². The van der Waals surface area contributed by atoms with Gasteiger partial charge < -0.3 is 15.4 Å². The van der Waals surface area contributed by atoms with Crippen LogP contribution >= 0.6 is 0 Å². The van der Waals surface area contributed by atoms with E-state index < -0.39 is 17.9 Å². The van der Waals surface area contributed by atoms with E-state index in [0.717, 1.165) is 6.42 Å². The zero-order valence-electron chi connectivity index (χ0n) is 11.2. The van der Waals surface area contributed by atoms with Crippen LogP contribution in [0.25, 0.3) is 0 Å². The van der Waals surface area contributed by atoms with E-state index in [1.165, 1.54) is 0 Å². The Bertz CT molecular complexity index is 312. The van der Waals surface area contributed by atoms with Crippen molar-refractivity contribution in [2.45, 2.75) is 32.7 Å². The Morgan fingerprint density at radius 2 is 2.06 bits per heavy atom. The molecule has 0 aliphatic heterocycles. The molecule has 6 heteroatoms. The predicted octanol–water partition coefficient (Wildman–Crippen LogP) is 0.194. The van der Waals surface area contributed by atoms with E-state index in [9.17, 15) is 9.59 Å². The first-order valence-corrected chi connectivity index (χ1v) is 6.03. The predicted molar refractivity (Wildman–Crippen MR) is 66.5 cm³/mol. The van der Waals surface area contributed by atoms with Crippen LogP contribution in [0.5, 0.6) is 0 Å². The lowest BCUT2D eigenvalue weighted by Gasteiger charge is -2.15. The van der Waals surface area contributed by atoms with Gasteiger partial charge in [-0.1, -0.05) is 13.3 Å². The molecule has 0 aliphatic rings. The fourth-order valence-corrected chi connectivity index (χ4v) is 1.35. The van der Waals surface area contributed by atoms with Gasteiger partial charge in [-0.2, -0.15) is 5.26 Å². The zero-order chi connectivity index (χ0) is 14.0. The number of hydrogen-bond acceptors (Lipinski definition) is 4. The molecule has 0 radical (unpaired) electrons. The number of carbonyl (C=O) groups excluding carboxylic acids is 2. The van der Waals surface area contributed by atoms with E-state index >= 15 is 0 Å². The third kappa shape index (κ3) is 6.21. The van der Waals surface area contributed by atoms with Gasteiger partial charge in [0.25, 0.3) is 0 Å². The maximum Gasteiger partial charge on any atom is 0.242 e. The average molecular weight is 255 g/mol. The van der Waals surface area contributed by atoms with Gasteiger partial charge in [-0.05, 0) is 13.3 Å². The van der Waals surface area contributed by atoms with Crippen molar-refractivity contribution in [1.29, 1.82) is 5.26 Å². The lowest BCUT2D eigenvalue weighted by molar-refractivity contribution is -0.130. The van der Waals surface area contributed by atoms with E-state index in [1.807, 2.05) is 13.0 Å². The number of hydrogen-bond donors (Lipinski definition) is 2. The van der Waals surface area contributed by atoms with Crippen molar-refractivity contribution in [3.8, 4) is 6.07 Å². The quantitative estimate of drug-likeness (QED) is 0.606. The number of nitriles is 1. The maximum absolute atomic E-state index is 11.7. The van der Waals surface area contributed by atoms with Gasteiger partial charge in [-0.15, -0.1) is 0 Å². The van der Waals surface area contributed by atoms with Crippen LogP contribution in [0, 0.1) is 17.2 Å². The Kier molecular flexibility index (Phi) is 8.58. The Labute approximate surface area is 108 Å². The summed E-state index contributed by atoms with van der Waals surface area (Å²) >= 11 is 0. The van der Waals surface area contributed by atoms with Crippen LogP contribution in [-0.4, -0.2) is 38.1 Å². The number of amides is 2. The Hall–Kier alpha value is -1.61. The molecule has 2 amide bonds. The molecule has 0 aromatic carbocycles. The lowest BCUT2D eigenvalue weighted by atomic mass is 10.0. The number of carbonyl (C=O) groups is 2. The van der Waals surface area contributed by atoms with Gasteiger partial charge in [-0.3, -0.25) is 9.59 Å². The number of nitrogens with zero attached hydrogens (tertiary/aromatic N) is 1. The third-order valence-corrected chi connectivity index (χ3v) is 2.41. The normalized spacial score (nSPS) is 13.2. The summed E-state index contributed by atoms with van der Waals surface area (Å²) in [6.45, 7) is 4.30. The van der Waals surface area contributed by atoms with Crippen molar-refractivity contribution < 1.29 is 14.3 Å². The molecule has 0 aromatic rings.